The van der Waals surface area contributed by atoms with Crippen LogP contribution in [0, 0.1) is 0 Å². The number of carboxylic acid groups (broad SMARTS) is 1. The largest absolute Gasteiger partial charge is 0.488 e. The van der Waals surface area contributed by atoms with Crippen molar-refractivity contribution in [2.24, 2.45) is 0 Å². The van der Waals surface area contributed by atoms with Crippen LogP contribution in [0.5, 0.6) is 5.75 Å². The third-order valence-corrected chi connectivity index (χ3v) is 4.00. The fourth-order valence-corrected chi connectivity index (χ4v) is 2.64. The number of hydrogen-bond donors (Lipinski definition) is 1. The molecule has 0 fully saturated rings. The van der Waals surface area contributed by atoms with Crippen LogP contribution in [0.25, 0.3) is 0 Å². The van der Waals surface area contributed by atoms with E-state index in [0.717, 1.165) is 0 Å². The van der Waals surface area contributed by atoms with Gasteiger partial charge in [0.25, 0.3) is 0 Å². The number of rotatable bonds is 7. The zero-order valence-corrected chi connectivity index (χ0v) is 14.3. The number of carboxylic acids is 1. The summed E-state index contributed by atoms with van der Waals surface area (Å²) in [6, 6.07) is 21.2. The third-order valence-electron chi connectivity index (χ3n) is 4.00. The van der Waals surface area contributed by atoms with Crippen LogP contribution >= 0.6 is 0 Å². The van der Waals surface area contributed by atoms with E-state index in [9.17, 15) is 19.5 Å². The van der Waals surface area contributed by atoms with E-state index in [4.69, 9.17) is 4.74 Å². The molecule has 3 aromatic carbocycles. The monoisotopic (exact) mass is 360 g/mol. The van der Waals surface area contributed by atoms with E-state index in [0.29, 0.717) is 11.1 Å². The molecule has 0 bridgehead atoms. The molecule has 0 atom stereocenters. The van der Waals surface area contributed by atoms with E-state index in [1.807, 2.05) is 0 Å². The quantitative estimate of drug-likeness (QED) is 0.508. The predicted molar refractivity (Wildman–Crippen MR) is 99.3 cm³/mol. The Kier molecular flexibility index (Phi) is 5.42. The Morgan fingerprint density at radius 2 is 1.30 bits per heavy atom. The molecule has 134 valence electrons. The third kappa shape index (κ3) is 4.10. The van der Waals surface area contributed by atoms with Crippen LogP contribution in [0.4, 0.5) is 0 Å². The van der Waals surface area contributed by atoms with Gasteiger partial charge in [-0.25, -0.2) is 4.79 Å². The summed E-state index contributed by atoms with van der Waals surface area (Å²) in [6.07, 6.45) is 0. The first-order valence-corrected chi connectivity index (χ1v) is 8.25. The van der Waals surface area contributed by atoms with Crippen molar-refractivity contribution in [1.29, 1.82) is 0 Å². The summed E-state index contributed by atoms with van der Waals surface area (Å²) in [5.41, 5.74) is 1.09. The minimum Gasteiger partial charge on any atom is -0.488 e. The van der Waals surface area contributed by atoms with Crippen molar-refractivity contribution in [3.05, 3.63) is 101 Å². The molecule has 5 heteroatoms. The zero-order chi connectivity index (χ0) is 19.2. The van der Waals surface area contributed by atoms with Gasteiger partial charge in [-0.3, -0.25) is 9.59 Å². The van der Waals surface area contributed by atoms with Crippen molar-refractivity contribution >= 4 is 17.5 Å². The molecule has 1 N–H and O–H groups in total. The van der Waals surface area contributed by atoms with Gasteiger partial charge in [0, 0.05) is 16.7 Å². The number of ether oxygens (including phenoxy) is 1. The minimum absolute atomic E-state index is 0.0293. The van der Waals surface area contributed by atoms with Gasteiger partial charge < -0.3 is 9.84 Å². The maximum Gasteiger partial charge on any atom is 0.339 e. The summed E-state index contributed by atoms with van der Waals surface area (Å²) in [5.74, 6) is -2.14. The number of carbonyl (C=O) groups is 3. The first-order valence-electron chi connectivity index (χ1n) is 8.25. The molecule has 0 radical (unpaired) electrons. The summed E-state index contributed by atoms with van der Waals surface area (Å²) in [6.45, 7) is -0.0335. The molecular weight excluding hydrogens is 344 g/mol. The molecule has 0 saturated carbocycles. The maximum absolute atomic E-state index is 12.7. The van der Waals surface area contributed by atoms with E-state index in [2.05, 4.69) is 0 Å². The summed E-state index contributed by atoms with van der Waals surface area (Å²) < 4.78 is 5.62. The molecule has 0 spiro atoms. The molecule has 0 aliphatic carbocycles. The van der Waals surface area contributed by atoms with Crippen molar-refractivity contribution < 1.29 is 24.2 Å². The molecule has 3 rings (SSSR count). The number of benzene rings is 3. The van der Waals surface area contributed by atoms with Gasteiger partial charge in [-0.2, -0.15) is 0 Å². The lowest BCUT2D eigenvalue weighted by Gasteiger charge is -2.12. The van der Waals surface area contributed by atoms with Crippen LogP contribution < -0.4 is 4.74 Å². The van der Waals surface area contributed by atoms with Crippen LogP contribution in [0.3, 0.4) is 0 Å². The number of Topliss-reactive ketones (excluding diaryl/α,β-unsaturated/α-hetero) is 2. The summed E-state index contributed by atoms with van der Waals surface area (Å²) in [5, 5.41) is 9.23. The fraction of sp³-hybridized carbons (Fsp3) is 0.0455. The second kappa shape index (κ2) is 8.10. The zero-order valence-electron chi connectivity index (χ0n) is 14.3. The highest BCUT2D eigenvalue weighted by molar-refractivity contribution is 6.49. The maximum atomic E-state index is 12.7. The number of ketones is 2. The first kappa shape index (κ1) is 18.1. The molecular formula is C22H16O5. The standard InChI is InChI=1S/C22H16O5/c23-20(15-8-2-1-3-9-15)21(24)17-11-5-4-10-16(17)14-27-19-13-7-6-12-18(19)22(25)26/h1-13H,14H2,(H,25,26). The van der Waals surface area contributed by atoms with E-state index < -0.39 is 17.5 Å². The van der Waals surface area contributed by atoms with E-state index in [1.54, 1.807) is 72.8 Å². The molecule has 0 heterocycles. The topological polar surface area (TPSA) is 80.7 Å². The fourth-order valence-electron chi connectivity index (χ4n) is 2.64. The smallest absolute Gasteiger partial charge is 0.339 e. The van der Waals surface area contributed by atoms with Crippen molar-refractivity contribution in [2.75, 3.05) is 0 Å². The Morgan fingerprint density at radius 3 is 2.00 bits per heavy atom. The van der Waals surface area contributed by atoms with Crippen molar-refractivity contribution in [2.45, 2.75) is 6.61 Å². The highest BCUT2D eigenvalue weighted by atomic mass is 16.5. The van der Waals surface area contributed by atoms with Crippen LogP contribution in [-0.2, 0) is 6.61 Å². The van der Waals surface area contributed by atoms with Crippen molar-refractivity contribution in [3.8, 4) is 5.75 Å². The number of hydrogen-bond acceptors (Lipinski definition) is 4. The minimum atomic E-state index is -1.10. The summed E-state index contributed by atoms with van der Waals surface area (Å²) in [7, 11) is 0. The number of aromatic carboxylic acids is 1. The molecule has 0 aliphatic rings. The SMILES string of the molecule is O=C(C(=O)c1ccccc1COc1ccccc1C(=O)O)c1ccccc1. The average molecular weight is 360 g/mol. The average Bonchev–Trinajstić information content (AvgIpc) is 2.72. The lowest BCUT2D eigenvalue weighted by Crippen LogP contribution is -2.17. The van der Waals surface area contributed by atoms with Crippen LogP contribution in [0.2, 0.25) is 0 Å². The van der Waals surface area contributed by atoms with Crippen LogP contribution in [0.1, 0.15) is 36.6 Å². The highest BCUT2D eigenvalue weighted by Crippen LogP contribution is 2.21. The first-order chi connectivity index (χ1) is 13.1. The van der Waals surface area contributed by atoms with E-state index in [-0.39, 0.29) is 23.5 Å². The second-order valence-corrected chi connectivity index (χ2v) is 5.77. The lowest BCUT2D eigenvalue weighted by molar-refractivity contribution is 0.0691. The van der Waals surface area contributed by atoms with Crippen LogP contribution in [0.15, 0.2) is 78.9 Å². The Hall–Kier alpha value is -3.73. The van der Waals surface area contributed by atoms with Gasteiger partial charge in [0.1, 0.15) is 17.9 Å². The van der Waals surface area contributed by atoms with Gasteiger partial charge in [-0.1, -0.05) is 66.7 Å². The van der Waals surface area contributed by atoms with Crippen molar-refractivity contribution in [1.82, 2.24) is 0 Å². The van der Waals surface area contributed by atoms with E-state index in [1.165, 1.54) is 6.07 Å². The van der Waals surface area contributed by atoms with Gasteiger partial charge in [-0.05, 0) is 12.1 Å². The summed E-state index contributed by atoms with van der Waals surface area (Å²) in [4.78, 5) is 36.4. The second-order valence-electron chi connectivity index (χ2n) is 5.77. The van der Waals surface area contributed by atoms with Gasteiger partial charge >= 0.3 is 5.97 Å². The molecule has 5 nitrogen and oxygen atoms in total. The van der Waals surface area contributed by atoms with Crippen LogP contribution in [-0.4, -0.2) is 22.6 Å². The summed E-state index contributed by atoms with van der Waals surface area (Å²) >= 11 is 0. The van der Waals surface area contributed by atoms with Gasteiger partial charge in [-0.15, -0.1) is 0 Å². The molecule has 0 unspecified atom stereocenters. The van der Waals surface area contributed by atoms with Gasteiger partial charge in [0.05, 0.1) is 0 Å². The van der Waals surface area contributed by atoms with E-state index >= 15 is 0 Å². The molecule has 0 aliphatic heterocycles. The molecule has 0 amide bonds. The van der Waals surface area contributed by atoms with Crippen molar-refractivity contribution in [3.63, 3.8) is 0 Å². The lowest BCUT2D eigenvalue weighted by atomic mass is 9.98. The normalized spacial score (nSPS) is 10.2. The Bertz CT molecular complexity index is 992. The molecule has 0 saturated heterocycles. The van der Waals surface area contributed by atoms with Gasteiger partial charge in [0.2, 0.25) is 11.6 Å². The Balaban J connectivity index is 1.84. The number of carbonyl (C=O) groups excluding carboxylic acids is 2. The number of para-hydroxylation sites is 1. The molecule has 3 aromatic rings. The highest BCUT2D eigenvalue weighted by Gasteiger charge is 2.21. The predicted octanol–water partition coefficient (Wildman–Crippen LogP) is 4.03. The molecule has 0 aromatic heterocycles. The Labute approximate surface area is 155 Å². The molecule has 27 heavy (non-hydrogen) atoms. The van der Waals surface area contributed by atoms with Gasteiger partial charge in [0.15, 0.2) is 0 Å². The Morgan fingerprint density at radius 1 is 0.704 bits per heavy atom.